The topological polar surface area (TPSA) is 86.8 Å². The highest BCUT2D eigenvalue weighted by Gasteiger charge is 2.32. The molecule has 0 spiro atoms. The van der Waals surface area contributed by atoms with Gasteiger partial charge in [0.05, 0.1) is 11.9 Å². The summed E-state index contributed by atoms with van der Waals surface area (Å²) in [5.41, 5.74) is 3.40. The van der Waals surface area contributed by atoms with Crippen LogP contribution in [0.3, 0.4) is 0 Å². The number of nitrogens with one attached hydrogen (secondary N) is 1. The molecule has 1 saturated carbocycles. The van der Waals surface area contributed by atoms with Crippen LogP contribution in [0.25, 0.3) is 0 Å². The van der Waals surface area contributed by atoms with E-state index in [-0.39, 0.29) is 25.0 Å². The Balaban J connectivity index is 1.89. The molecule has 8 heteroatoms. The van der Waals surface area contributed by atoms with Gasteiger partial charge in [-0.3, -0.25) is 13.9 Å². The SMILES string of the molecule is CC[C@H](C(=O)NC1CCCCC1)N(Cc1ccc(C)cc1)C(=O)CN(c1ccc(C)cc1)S(C)(=O)=O. The molecule has 2 aromatic carbocycles. The maximum atomic E-state index is 13.7. The van der Waals surface area contributed by atoms with Crippen LogP contribution in [0.2, 0.25) is 0 Å². The smallest absolute Gasteiger partial charge is 0.244 e. The molecule has 1 fully saturated rings. The molecule has 2 aromatic rings. The molecule has 2 amide bonds. The summed E-state index contributed by atoms with van der Waals surface area (Å²) in [6.07, 6.45) is 6.78. The molecule has 0 aromatic heterocycles. The Labute approximate surface area is 215 Å². The van der Waals surface area contributed by atoms with Crippen molar-refractivity contribution in [2.75, 3.05) is 17.1 Å². The van der Waals surface area contributed by atoms with E-state index in [1.165, 1.54) is 11.3 Å². The van der Waals surface area contributed by atoms with Crippen molar-refractivity contribution in [3.05, 3.63) is 65.2 Å². The van der Waals surface area contributed by atoms with Crippen molar-refractivity contribution >= 4 is 27.5 Å². The third-order valence-corrected chi connectivity index (χ3v) is 7.95. The number of carbonyl (C=O) groups is 2. The lowest BCUT2D eigenvalue weighted by Gasteiger charge is -2.34. The molecule has 1 N–H and O–H groups in total. The molecule has 1 atom stereocenters. The monoisotopic (exact) mass is 513 g/mol. The molecule has 0 radical (unpaired) electrons. The van der Waals surface area contributed by atoms with E-state index >= 15 is 0 Å². The number of hydrogen-bond donors (Lipinski definition) is 1. The normalized spacial score (nSPS) is 15.2. The van der Waals surface area contributed by atoms with Gasteiger partial charge in [0.1, 0.15) is 12.6 Å². The fourth-order valence-corrected chi connectivity index (χ4v) is 5.53. The molecule has 3 rings (SSSR count). The summed E-state index contributed by atoms with van der Waals surface area (Å²) in [4.78, 5) is 28.7. The maximum Gasteiger partial charge on any atom is 0.244 e. The minimum absolute atomic E-state index is 0.122. The molecule has 1 aliphatic carbocycles. The first-order valence-electron chi connectivity index (χ1n) is 12.8. The zero-order valence-electron chi connectivity index (χ0n) is 21.9. The van der Waals surface area contributed by atoms with E-state index in [1.807, 2.05) is 57.2 Å². The average Bonchev–Trinajstić information content (AvgIpc) is 2.84. The quantitative estimate of drug-likeness (QED) is 0.512. The molecule has 0 saturated heterocycles. The zero-order valence-corrected chi connectivity index (χ0v) is 22.7. The second kappa shape index (κ2) is 12.4. The molecular weight excluding hydrogens is 474 g/mol. The van der Waals surface area contributed by atoms with Crippen LogP contribution in [0.4, 0.5) is 5.69 Å². The first-order valence-corrected chi connectivity index (χ1v) is 14.6. The van der Waals surface area contributed by atoms with E-state index in [0.29, 0.717) is 12.1 Å². The molecule has 7 nitrogen and oxygen atoms in total. The molecule has 0 heterocycles. The minimum atomic E-state index is -3.73. The van der Waals surface area contributed by atoms with E-state index in [9.17, 15) is 18.0 Å². The number of anilines is 1. The highest BCUT2D eigenvalue weighted by molar-refractivity contribution is 7.92. The van der Waals surface area contributed by atoms with Crippen molar-refractivity contribution in [3.63, 3.8) is 0 Å². The van der Waals surface area contributed by atoms with Crippen molar-refractivity contribution in [2.24, 2.45) is 0 Å². The fourth-order valence-electron chi connectivity index (χ4n) is 4.68. The average molecular weight is 514 g/mol. The van der Waals surface area contributed by atoms with Crippen molar-refractivity contribution in [1.82, 2.24) is 10.2 Å². The Morgan fingerprint density at radius 2 is 1.50 bits per heavy atom. The van der Waals surface area contributed by atoms with Crippen LogP contribution in [-0.2, 0) is 26.2 Å². The number of sulfonamides is 1. The first-order chi connectivity index (χ1) is 17.1. The van der Waals surface area contributed by atoms with Gasteiger partial charge in [0.15, 0.2) is 0 Å². The van der Waals surface area contributed by atoms with Crippen molar-refractivity contribution in [1.29, 1.82) is 0 Å². The summed E-state index contributed by atoms with van der Waals surface area (Å²) in [6, 6.07) is 14.3. The lowest BCUT2D eigenvalue weighted by atomic mass is 9.95. The van der Waals surface area contributed by atoms with Gasteiger partial charge in [-0.05, 0) is 50.8 Å². The predicted octanol–water partition coefficient (Wildman–Crippen LogP) is 4.33. The lowest BCUT2D eigenvalue weighted by molar-refractivity contribution is -0.140. The van der Waals surface area contributed by atoms with Crippen LogP contribution in [-0.4, -0.2) is 50.0 Å². The molecular formula is C28H39N3O4S. The number of nitrogens with zero attached hydrogens (tertiary/aromatic N) is 2. The Kier molecular flexibility index (Phi) is 9.54. The Hall–Kier alpha value is -2.87. The molecule has 196 valence electrons. The van der Waals surface area contributed by atoms with Crippen LogP contribution in [0.5, 0.6) is 0 Å². The summed E-state index contributed by atoms with van der Waals surface area (Å²) >= 11 is 0. The number of aryl methyl sites for hydroxylation is 2. The highest BCUT2D eigenvalue weighted by atomic mass is 32.2. The Morgan fingerprint density at radius 1 is 0.944 bits per heavy atom. The van der Waals surface area contributed by atoms with Crippen LogP contribution in [0.15, 0.2) is 48.5 Å². The fraction of sp³-hybridized carbons (Fsp3) is 0.500. The van der Waals surface area contributed by atoms with Gasteiger partial charge in [-0.1, -0.05) is 73.7 Å². The van der Waals surface area contributed by atoms with E-state index in [4.69, 9.17) is 0 Å². The Bertz CT molecular complexity index is 1120. The van der Waals surface area contributed by atoms with E-state index in [0.717, 1.165) is 52.9 Å². The highest BCUT2D eigenvalue weighted by Crippen LogP contribution is 2.22. The third-order valence-electron chi connectivity index (χ3n) is 6.81. The number of carbonyl (C=O) groups excluding carboxylic acids is 2. The van der Waals surface area contributed by atoms with Gasteiger partial charge in [0.2, 0.25) is 21.8 Å². The molecule has 0 unspecified atom stereocenters. The van der Waals surface area contributed by atoms with E-state index < -0.39 is 22.0 Å². The second-order valence-corrected chi connectivity index (χ2v) is 11.8. The number of rotatable bonds is 10. The van der Waals surface area contributed by atoms with E-state index in [1.54, 1.807) is 12.1 Å². The zero-order chi connectivity index (χ0) is 26.3. The van der Waals surface area contributed by atoms with Crippen molar-refractivity contribution in [3.8, 4) is 0 Å². The second-order valence-electron chi connectivity index (χ2n) is 9.88. The molecule has 1 aliphatic rings. The summed E-state index contributed by atoms with van der Waals surface area (Å²) in [6.45, 7) is 5.64. The van der Waals surface area contributed by atoms with Crippen LogP contribution < -0.4 is 9.62 Å². The Morgan fingerprint density at radius 3 is 2.03 bits per heavy atom. The van der Waals surface area contributed by atoms with Gasteiger partial charge in [0.25, 0.3) is 0 Å². The first kappa shape index (κ1) is 27.7. The van der Waals surface area contributed by atoms with Crippen molar-refractivity contribution in [2.45, 2.75) is 77.9 Å². The molecule has 0 bridgehead atoms. The number of amides is 2. The standard InChI is InChI=1S/C28H39N3O4S/c1-5-26(28(33)29-24-9-7-6-8-10-24)30(19-23-15-11-21(2)12-16-23)27(32)20-31(36(4,34)35)25-17-13-22(3)14-18-25/h11-18,24,26H,5-10,19-20H2,1-4H3,(H,29,33)/t26-/m1/s1. The van der Waals surface area contributed by atoms with Crippen LogP contribution in [0, 0.1) is 13.8 Å². The predicted molar refractivity (Wildman–Crippen MR) is 144 cm³/mol. The largest absolute Gasteiger partial charge is 0.352 e. The van der Waals surface area contributed by atoms with Gasteiger partial charge in [-0.15, -0.1) is 0 Å². The van der Waals surface area contributed by atoms with Gasteiger partial charge >= 0.3 is 0 Å². The van der Waals surface area contributed by atoms with Gasteiger partial charge in [-0.25, -0.2) is 8.42 Å². The van der Waals surface area contributed by atoms with Crippen LogP contribution in [0.1, 0.15) is 62.1 Å². The van der Waals surface area contributed by atoms with Gasteiger partial charge < -0.3 is 10.2 Å². The number of benzene rings is 2. The van der Waals surface area contributed by atoms with Crippen molar-refractivity contribution < 1.29 is 18.0 Å². The minimum Gasteiger partial charge on any atom is -0.352 e. The third kappa shape index (κ3) is 7.56. The summed E-state index contributed by atoms with van der Waals surface area (Å²) < 4.78 is 26.5. The summed E-state index contributed by atoms with van der Waals surface area (Å²) in [7, 11) is -3.73. The van der Waals surface area contributed by atoms with Gasteiger partial charge in [0, 0.05) is 12.6 Å². The lowest BCUT2D eigenvalue weighted by Crippen LogP contribution is -2.53. The molecule has 0 aliphatic heterocycles. The summed E-state index contributed by atoms with van der Waals surface area (Å²) in [5, 5.41) is 3.16. The maximum absolute atomic E-state index is 13.7. The molecule has 36 heavy (non-hydrogen) atoms. The summed E-state index contributed by atoms with van der Waals surface area (Å²) in [5.74, 6) is -0.585. The van der Waals surface area contributed by atoms with Gasteiger partial charge in [-0.2, -0.15) is 0 Å². The van der Waals surface area contributed by atoms with Crippen LogP contribution >= 0.6 is 0 Å². The van der Waals surface area contributed by atoms with E-state index in [2.05, 4.69) is 5.32 Å². The number of hydrogen-bond acceptors (Lipinski definition) is 4.